The number of nitrogens with zero attached hydrogens (tertiary/aromatic N) is 2. The van der Waals surface area contributed by atoms with Crippen LogP contribution in [0.25, 0.3) is 0 Å². The zero-order valence-corrected chi connectivity index (χ0v) is 17.8. The number of morpholine rings is 1. The number of rotatable bonds is 4. The van der Waals surface area contributed by atoms with Crippen LogP contribution in [0.4, 0.5) is 5.69 Å². The van der Waals surface area contributed by atoms with Crippen molar-refractivity contribution in [1.82, 2.24) is 4.90 Å². The Kier molecular flexibility index (Phi) is 5.34. The third-order valence-electron chi connectivity index (χ3n) is 4.97. The number of aromatic hydroxyl groups is 1. The fourth-order valence-corrected chi connectivity index (χ4v) is 8.06. The summed E-state index contributed by atoms with van der Waals surface area (Å²) in [6, 6.07) is 6.94. The van der Waals surface area contributed by atoms with E-state index in [4.69, 9.17) is 9.88 Å². The van der Waals surface area contributed by atoms with E-state index in [0.717, 1.165) is 0 Å². The van der Waals surface area contributed by atoms with E-state index in [9.17, 15) is 21.9 Å². The van der Waals surface area contributed by atoms with Crippen LogP contribution in [0.1, 0.15) is 5.56 Å². The number of benzene rings is 1. The molecule has 2 aliphatic heterocycles. The molecule has 1 fully saturated rings. The number of fused-ring (bicyclic) bond motifs is 1. The SMILES string of the molecule is NS(=O)(=O)c1cc2c(s1)S(=O)(=O)N(c1cccc(O)c1)C(CN1CCOCC1)C2. The van der Waals surface area contributed by atoms with E-state index in [1.54, 1.807) is 12.1 Å². The molecule has 0 spiro atoms. The maximum absolute atomic E-state index is 13.5. The number of hydrogen-bond donors (Lipinski definition) is 2. The molecule has 4 rings (SSSR count). The van der Waals surface area contributed by atoms with Crippen molar-refractivity contribution in [2.45, 2.75) is 20.9 Å². The van der Waals surface area contributed by atoms with Crippen LogP contribution >= 0.6 is 11.3 Å². The molecule has 1 saturated heterocycles. The molecule has 0 radical (unpaired) electrons. The molecular weight excluding hydrogens is 438 g/mol. The third-order valence-corrected chi connectivity index (χ3v) is 10.00. The van der Waals surface area contributed by atoms with Gasteiger partial charge in [-0.2, -0.15) is 0 Å². The summed E-state index contributed by atoms with van der Waals surface area (Å²) in [7, 11) is -8.04. The van der Waals surface area contributed by atoms with Crippen LogP contribution in [-0.4, -0.2) is 65.7 Å². The summed E-state index contributed by atoms with van der Waals surface area (Å²) >= 11 is 0.661. The second-order valence-electron chi connectivity index (χ2n) is 7.01. The average Bonchev–Trinajstić information content (AvgIpc) is 3.08. The number of nitrogens with two attached hydrogens (primary N) is 1. The van der Waals surface area contributed by atoms with Crippen LogP contribution in [0.2, 0.25) is 0 Å². The lowest BCUT2D eigenvalue weighted by Gasteiger charge is -2.39. The summed E-state index contributed by atoms with van der Waals surface area (Å²) in [5, 5.41) is 15.1. The molecule has 2 aromatic rings. The first kappa shape index (κ1) is 20.6. The van der Waals surface area contributed by atoms with Crippen molar-refractivity contribution in [3.8, 4) is 5.75 Å². The van der Waals surface area contributed by atoms with Gasteiger partial charge in [0, 0.05) is 25.7 Å². The molecule has 0 bridgehead atoms. The van der Waals surface area contributed by atoms with E-state index >= 15 is 0 Å². The fourth-order valence-electron chi connectivity index (χ4n) is 3.71. The van der Waals surface area contributed by atoms with E-state index in [1.165, 1.54) is 22.5 Å². The molecule has 0 aliphatic carbocycles. The van der Waals surface area contributed by atoms with Crippen molar-refractivity contribution >= 4 is 37.1 Å². The largest absolute Gasteiger partial charge is 0.508 e. The van der Waals surface area contributed by atoms with Crippen molar-refractivity contribution in [2.75, 3.05) is 37.2 Å². The Hall–Kier alpha value is -1.70. The minimum atomic E-state index is -4.03. The molecule has 29 heavy (non-hydrogen) atoms. The Bertz CT molecular complexity index is 1120. The van der Waals surface area contributed by atoms with Gasteiger partial charge in [-0.05, 0) is 30.2 Å². The first-order valence-corrected chi connectivity index (χ1v) is 12.8. The van der Waals surface area contributed by atoms with Gasteiger partial charge in [0.05, 0.1) is 24.9 Å². The molecule has 1 atom stereocenters. The van der Waals surface area contributed by atoms with Crippen molar-refractivity contribution in [3.63, 3.8) is 0 Å². The molecule has 9 nitrogen and oxygen atoms in total. The van der Waals surface area contributed by atoms with Gasteiger partial charge in [0.2, 0.25) is 10.0 Å². The van der Waals surface area contributed by atoms with Crippen LogP contribution in [-0.2, 0) is 31.2 Å². The standard InChI is InChI=1S/C17H21N3O6S3/c18-28(22,23)16-9-12-8-14(11-19-4-6-26-7-5-19)20(29(24,25)17(12)27-16)13-2-1-3-15(21)10-13/h1-3,9-10,14,21H,4-8,11H2,(H2,18,22,23). The summed E-state index contributed by atoms with van der Waals surface area (Å²) in [4.78, 5) is 2.12. The predicted octanol–water partition coefficient (Wildman–Crippen LogP) is 0.553. The molecule has 1 unspecified atom stereocenters. The molecule has 0 saturated carbocycles. The van der Waals surface area contributed by atoms with E-state index in [-0.39, 0.29) is 14.2 Å². The van der Waals surface area contributed by atoms with Gasteiger partial charge >= 0.3 is 0 Å². The predicted molar refractivity (Wildman–Crippen MR) is 108 cm³/mol. The number of thiophene rings is 1. The number of ether oxygens (including phenoxy) is 1. The molecule has 0 amide bonds. The maximum Gasteiger partial charge on any atom is 0.274 e. The summed E-state index contributed by atoms with van der Waals surface area (Å²) in [6.45, 7) is 2.97. The highest BCUT2D eigenvalue weighted by atomic mass is 32.3. The highest BCUT2D eigenvalue weighted by Crippen LogP contribution is 2.41. The lowest BCUT2D eigenvalue weighted by molar-refractivity contribution is 0.0354. The molecule has 3 heterocycles. The van der Waals surface area contributed by atoms with Crippen molar-refractivity contribution in [1.29, 1.82) is 0 Å². The number of phenols is 1. The van der Waals surface area contributed by atoms with E-state index in [2.05, 4.69) is 4.90 Å². The molecule has 1 aromatic heterocycles. The monoisotopic (exact) mass is 459 g/mol. The first-order valence-electron chi connectivity index (χ1n) is 8.95. The van der Waals surface area contributed by atoms with Gasteiger partial charge in [-0.1, -0.05) is 6.07 Å². The number of primary sulfonamides is 1. The van der Waals surface area contributed by atoms with Gasteiger partial charge < -0.3 is 9.84 Å². The van der Waals surface area contributed by atoms with Crippen LogP contribution in [0.5, 0.6) is 5.75 Å². The maximum atomic E-state index is 13.5. The van der Waals surface area contributed by atoms with Crippen molar-refractivity contribution in [3.05, 3.63) is 35.9 Å². The Morgan fingerprint density at radius 3 is 2.62 bits per heavy atom. The Morgan fingerprint density at radius 1 is 1.24 bits per heavy atom. The van der Waals surface area contributed by atoms with E-state index in [1.807, 2.05) is 0 Å². The quantitative estimate of drug-likeness (QED) is 0.683. The van der Waals surface area contributed by atoms with Crippen molar-refractivity contribution < 1.29 is 26.7 Å². The molecule has 2 aliphatic rings. The second-order valence-corrected chi connectivity index (χ2v) is 11.9. The van der Waals surface area contributed by atoms with Gasteiger partial charge in [0.15, 0.2) is 0 Å². The second kappa shape index (κ2) is 7.52. The molecule has 12 heteroatoms. The number of sulfonamides is 2. The van der Waals surface area contributed by atoms with Crippen LogP contribution in [0.15, 0.2) is 38.8 Å². The minimum Gasteiger partial charge on any atom is -0.508 e. The number of anilines is 1. The normalized spacial score (nSPS) is 22.4. The third kappa shape index (κ3) is 4.00. The Balaban J connectivity index is 1.80. The molecule has 158 valence electrons. The number of hydrogen-bond acceptors (Lipinski definition) is 8. The van der Waals surface area contributed by atoms with Crippen LogP contribution < -0.4 is 9.44 Å². The summed E-state index contributed by atoms with van der Waals surface area (Å²) in [5.41, 5.74) is 0.785. The molecule has 3 N–H and O–H groups in total. The zero-order valence-electron chi connectivity index (χ0n) is 15.4. The van der Waals surface area contributed by atoms with Gasteiger partial charge in [-0.3, -0.25) is 9.21 Å². The molecular formula is C17H21N3O6S3. The smallest absolute Gasteiger partial charge is 0.274 e. The topological polar surface area (TPSA) is 130 Å². The summed E-state index contributed by atoms with van der Waals surface area (Å²) in [5.74, 6) is -0.0509. The average molecular weight is 460 g/mol. The van der Waals surface area contributed by atoms with E-state index < -0.39 is 26.1 Å². The highest BCUT2D eigenvalue weighted by molar-refractivity contribution is 7.96. The van der Waals surface area contributed by atoms with Gasteiger partial charge in [0.25, 0.3) is 10.0 Å². The number of phenolic OH excluding ortho intramolecular Hbond substituents is 1. The highest BCUT2D eigenvalue weighted by Gasteiger charge is 2.42. The van der Waals surface area contributed by atoms with Gasteiger partial charge in [0.1, 0.15) is 14.2 Å². The van der Waals surface area contributed by atoms with Crippen LogP contribution in [0, 0.1) is 0 Å². The molecule has 1 aromatic carbocycles. The van der Waals surface area contributed by atoms with Crippen molar-refractivity contribution in [2.24, 2.45) is 5.14 Å². The lowest BCUT2D eigenvalue weighted by atomic mass is 10.1. The summed E-state index contributed by atoms with van der Waals surface area (Å²) in [6.07, 6.45) is 0.341. The lowest BCUT2D eigenvalue weighted by Crippen LogP contribution is -2.52. The fraction of sp³-hybridized carbons (Fsp3) is 0.412. The first-order chi connectivity index (χ1) is 13.7. The Labute approximate surface area is 173 Å². The van der Waals surface area contributed by atoms with Crippen LogP contribution in [0.3, 0.4) is 0 Å². The zero-order chi connectivity index (χ0) is 20.8. The van der Waals surface area contributed by atoms with Gasteiger partial charge in [-0.15, -0.1) is 11.3 Å². The van der Waals surface area contributed by atoms with E-state index in [0.29, 0.717) is 61.9 Å². The minimum absolute atomic E-state index is 0.0249. The Morgan fingerprint density at radius 2 is 1.97 bits per heavy atom. The van der Waals surface area contributed by atoms with Gasteiger partial charge in [-0.25, -0.2) is 22.0 Å². The summed E-state index contributed by atoms with van der Waals surface area (Å²) < 4.78 is 57.0.